The van der Waals surface area contributed by atoms with Crippen LogP contribution in [0.3, 0.4) is 0 Å². The molecule has 1 aromatic rings. The van der Waals surface area contributed by atoms with E-state index in [4.69, 9.17) is 39.5 Å². The Morgan fingerprint density at radius 3 is 0.789 bits per heavy atom. The quantitative estimate of drug-likeness (QED) is 0.0118. The van der Waals surface area contributed by atoms with Crippen molar-refractivity contribution in [3.63, 3.8) is 0 Å². The van der Waals surface area contributed by atoms with Gasteiger partial charge in [0.2, 0.25) is 0 Å². The summed E-state index contributed by atoms with van der Waals surface area (Å²) in [5.74, 6) is 19.9. The minimum absolute atomic E-state index is 0.173. The third-order valence-corrected chi connectivity index (χ3v) is 31.9. The lowest BCUT2D eigenvalue weighted by Crippen LogP contribution is -2.54. The number of rotatable bonds is 71. The SMILES string of the molecule is CC(C)(SCCCCS)SCCOCCSC(C)(C)SCCCCS.CCCBr.CCCSCCCCSC(C)(C)SCCOCCSC(C)(C)SCCCCSCCC.COC(C)(C)OC.N#COCCCCCCn1c(=O)n(CCCCCOC#N)c(=O)n(CCCCCOC#N)c1=O.SCCCCS.SCCOCCS. The molecule has 0 spiro atoms. The van der Waals surface area contributed by atoms with Crippen LogP contribution in [0.1, 0.15) is 238 Å². The van der Waals surface area contributed by atoms with Crippen LogP contribution in [0, 0.1) is 34.6 Å². The monoisotopic (exact) mass is 1970 g/mol. The van der Waals surface area contributed by atoms with Crippen molar-refractivity contribution in [2.24, 2.45) is 0 Å². The van der Waals surface area contributed by atoms with Gasteiger partial charge in [-0.15, -0.1) is 94.1 Å². The summed E-state index contributed by atoms with van der Waals surface area (Å²) in [4.78, 5) is 38.8. The van der Waals surface area contributed by atoms with Crippen molar-refractivity contribution >= 4 is 209 Å². The van der Waals surface area contributed by atoms with Gasteiger partial charge in [0.05, 0.1) is 56.0 Å². The van der Waals surface area contributed by atoms with Crippen molar-refractivity contribution in [2.45, 2.75) is 279 Å². The van der Waals surface area contributed by atoms with E-state index in [2.05, 4.69) is 276 Å². The van der Waals surface area contributed by atoms with Crippen LogP contribution in [0.25, 0.3) is 0 Å². The lowest BCUT2D eigenvalue weighted by molar-refractivity contribution is -0.178. The van der Waals surface area contributed by atoms with Crippen LogP contribution in [0.2, 0.25) is 0 Å². The van der Waals surface area contributed by atoms with E-state index in [1.165, 1.54) is 129 Å². The molecular weight excluding hydrogens is 1810 g/mol. The van der Waals surface area contributed by atoms with Gasteiger partial charge in [-0.3, -0.25) is 0 Å². The van der Waals surface area contributed by atoms with Gasteiger partial charge in [0, 0.05) is 73.7 Å². The number of thiol groups is 6. The Bertz CT molecular complexity index is 2360. The molecule has 0 N–H and O–H groups in total. The maximum Gasteiger partial charge on any atom is 0.336 e. The number of alkyl halides is 1. The second kappa shape index (κ2) is 95.8. The Hall–Kier alpha value is 2.16. The van der Waals surface area contributed by atoms with Crippen molar-refractivity contribution in [2.75, 3.05) is 183 Å². The Morgan fingerprint density at radius 1 is 0.316 bits per heavy atom. The number of thioether (sulfide) groups is 10. The molecule has 678 valence electrons. The largest absolute Gasteiger partial charge is 0.428 e. The molecule has 0 aliphatic rings. The molecule has 0 atom stereocenters. The van der Waals surface area contributed by atoms with Crippen LogP contribution >= 0.6 is 209 Å². The minimum atomic E-state index is -0.624. The summed E-state index contributed by atoms with van der Waals surface area (Å²) < 4.78 is 44.9. The highest BCUT2D eigenvalue weighted by molar-refractivity contribution is 9.09. The summed E-state index contributed by atoms with van der Waals surface area (Å²) in [6.07, 6.45) is 28.0. The molecule has 0 saturated carbocycles. The molecule has 0 aliphatic carbocycles. The zero-order chi connectivity index (χ0) is 87.0. The van der Waals surface area contributed by atoms with Gasteiger partial charge < -0.3 is 37.9 Å². The molecule has 0 aliphatic heterocycles. The van der Waals surface area contributed by atoms with Gasteiger partial charge >= 0.3 is 17.1 Å². The molecule has 0 aromatic carbocycles. The van der Waals surface area contributed by atoms with E-state index in [1.54, 1.807) is 33.0 Å². The van der Waals surface area contributed by atoms with Crippen LogP contribution in [-0.2, 0) is 57.5 Å². The predicted molar refractivity (Wildman–Crippen MR) is 545 cm³/mol. The van der Waals surface area contributed by atoms with E-state index in [0.717, 1.165) is 129 Å². The molecule has 34 heteroatoms. The number of hydrogen-bond donors (Lipinski definition) is 6. The summed E-state index contributed by atoms with van der Waals surface area (Å²) in [5.41, 5.74) is -1.86. The maximum atomic E-state index is 12.9. The van der Waals surface area contributed by atoms with Crippen molar-refractivity contribution in [3.8, 4) is 18.8 Å². The van der Waals surface area contributed by atoms with Crippen LogP contribution in [0.4, 0.5) is 0 Å². The second-order valence-electron chi connectivity index (χ2n) is 27.5. The number of aromatic nitrogens is 3. The molecule has 0 saturated heterocycles. The number of nitriles is 3. The van der Waals surface area contributed by atoms with Crippen LogP contribution in [0.5, 0.6) is 0 Å². The molecule has 114 heavy (non-hydrogen) atoms. The van der Waals surface area contributed by atoms with E-state index < -0.39 is 22.9 Å². The summed E-state index contributed by atoms with van der Waals surface area (Å²) in [7, 11) is 3.23. The molecule has 0 radical (unpaired) electrons. The Morgan fingerprint density at radius 2 is 0.553 bits per heavy atom. The molecular formula is C80H159BrN6O11S16. The number of hydrogen-bond acceptors (Lipinski definition) is 30. The van der Waals surface area contributed by atoms with Crippen molar-refractivity contribution in [1.82, 2.24) is 13.7 Å². The van der Waals surface area contributed by atoms with E-state index in [9.17, 15) is 14.4 Å². The van der Waals surface area contributed by atoms with E-state index >= 15 is 0 Å². The number of methoxy groups -OCH3 is 2. The number of nitrogens with zero attached hydrogens (tertiary/aromatic N) is 6. The van der Waals surface area contributed by atoms with Crippen molar-refractivity contribution < 1.29 is 37.9 Å². The van der Waals surface area contributed by atoms with E-state index in [0.29, 0.717) is 74.3 Å². The fraction of sp³-hybridized carbons (Fsp3) is 0.925. The van der Waals surface area contributed by atoms with Gasteiger partial charge in [-0.05, 0) is 280 Å². The van der Waals surface area contributed by atoms with Gasteiger partial charge in [0.25, 0.3) is 18.8 Å². The zero-order valence-electron chi connectivity index (χ0n) is 73.0. The van der Waals surface area contributed by atoms with Gasteiger partial charge in [-0.1, -0.05) is 43.1 Å². The van der Waals surface area contributed by atoms with Gasteiger partial charge in [0.15, 0.2) is 5.79 Å². The third kappa shape index (κ3) is 96.4. The lowest BCUT2D eigenvalue weighted by Gasteiger charge is -2.24. The second-order valence-corrected chi connectivity index (χ2v) is 48.2. The molecule has 0 unspecified atom stereocenters. The van der Waals surface area contributed by atoms with Gasteiger partial charge in [0.1, 0.15) is 19.8 Å². The summed E-state index contributed by atoms with van der Waals surface area (Å²) in [6.45, 7) is 35.6. The average Bonchev–Trinajstić information content (AvgIpc) is 0.786. The maximum absolute atomic E-state index is 12.9. The lowest BCUT2D eigenvalue weighted by atomic mass is 10.2. The van der Waals surface area contributed by atoms with E-state index in [1.807, 2.05) is 37.4 Å². The summed E-state index contributed by atoms with van der Waals surface area (Å²) >= 11 is 48.4. The standard InChI is InChI=1S/C24H50OS6.C22H32N6O6.C18H38OS6.C5H12O2.C4H10OS2.C4H10S2.C3H7Br/c1-7-15-26-17-9-11-19-28-23(3,4)30-21-13-25-14-22-31-24(5,6)29-20-12-10-18-27-16-8-2;23-17-32-14-8-2-1-5-11-26-20(29)27(12-6-3-9-15-33-18-24)22(31)28(21(26)30)13-7-4-10-16-34-19-25;1-17(2,22-13-7-5-11-20)24-15-9-19-10-16-25-18(3,4)23-14-8-6-12-21;1-5(2,6-3)7-4;6-3-1-5-2-4-7;5-3-1-2-4-6;1-2-3-4/h7-22H2,1-6H3;1-16H2;20-21H,5-16H2,1-4H3;1-4H3;6-7H,1-4H2;5-6H,1-4H2;2-3H2,1H3. The fourth-order valence-corrected chi connectivity index (χ4v) is 21.0. The first-order valence-electron chi connectivity index (χ1n) is 40.9. The first-order valence-corrected chi connectivity index (χ1v) is 56.0. The average molecular weight is 1970 g/mol. The number of halogens is 1. The fourth-order valence-electron chi connectivity index (χ4n) is 8.53. The Balaban J connectivity index is -0.000000335. The van der Waals surface area contributed by atoms with Crippen LogP contribution in [0.15, 0.2) is 14.4 Å². The predicted octanol–water partition coefficient (Wildman–Crippen LogP) is 22.9. The summed E-state index contributed by atoms with van der Waals surface area (Å²) in [5, 5.41) is 26.3. The van der Waals surface area contributed by atoms with E-state index in [-0.39, 0.29) is 32.8 Å². The smallest absolute Gasteiger partial charge is 0.336 e. The highest BCUT2D eigenvalue weighted by Gasteiger charge is 2.23. The van der Waals surface area contributed by atoms with Gasteiger partial charge in [-0.25, -0.2) is 28.1 Å². The van der Waals surface area contributed by atoms with Gasteiger partial charge in [-0.2, -0.15) is 115 Å². The normalized spacial score (nSPS) is 11.3. The molecule has 1 rings (SSSR count). The zero-order valence-corrected chi connectivity index (χ0v) is 88.1. The van der Waals surface area contributed by atoms with Crippen molar-refractivity contribution in [3.05, 3.63) is 31.5 Å². The molecule has 1 aromatic heterocycles. The highest BCUT2D eigenvalue weighted by atomic mass is 79.9. The topological polar surface area (TPSA) is 211 Å². The Kier molecular flexibility index (Phi) is 107. The molecule has 0 bridgehead atoms. The van der Waals surface area contributed by atoms with Crippen LogP contribution < -0.4 is 17.1 Å². The summed E-state index contributed by atoms with van der Waals surface area (Å²) in [6, 6.07) is 0. The number of unbranched alkanes of at least 4 members (excludes halogenated alkanes) is 12. The Labute approximate surface area is 780 Å². The first-order chi connectivity index (χ1) is 54.6. The molecule has 17 nitrogen and oxygen atoms in total. The van der Waals surface area contributed by atoms with Crippen LogP contribution in [-0.4, -0.2) is 218 Å². The minimum Gasteiger partial charge on any atom is -0.428 e. The van der Waals surface area contributed by atoms with Crippen molar-refractivity contribution in [1.29, 1.82) is 15.8 Å². The molecule has 0 fully saturated rings. The third-order valence-electron chi connectivity index (χ3n) is 15.1. The highest BCUT2D eigenvalue weighted by Crippen LogP contribution is 2.40. The molecule has 0 amide bonds. The first kappa shape index (κ1) is 127. The molecule has 1 heterocycles. The number of ether oxygens (including phenoxy) is 8.